The molecule has 0 bridgehead atoms. The Balaban J connectivity index is 1.35. The molecule has 1 saturated carbocycles. The van der Waals surface area contributed by atoms with Crippen LogP contribution >= 0.6 is 0 Å². The molecule has 1 saturated heterocycles. The summed E-state index contributed by atoms with van der Waals surface area (Å²) in [5.41, 5.74) is 1.58. The highest BCUT2D eigenvalue weighted by Crippen LogP contribution is 2.36. The molecule has 2 fully saturated rings. The second-order valence-corrected chi connectivity index (χ2v) is 9.46. The minimum absolute atomic E-state index is 0.150. The van der Waals surface area contributed by atoms with Gasteiger partial charge in [0.05, 0.1) is 23.9 Å². The van der Waals surface area contributed by atoms with E-state index in [4.69, 9.17) is 4.74 Å². The number of hydrogen-bond donors (Lipinski definition) is 1. The van der Waals surface area contributed by atoms with Crippen molar-refractivity contribution in [2.45, 2.75) is 56.7 Å². The van der Waals surface area contributed by atoms with Gasteiger partial charge in [-0.25, -0.2) is 0 Å². The van der Waals surface area contributed by atoms with Crippen LogP contribution in [0, 0.1) is 5.92 Å². The predicted molar refractivity (Wildman–Crippen MR) is 122 cm³/mol. The predicted octanol–water partition coefficient (Wildman–Crippen LogP) is 2.48. The smallest absolute Gasteiger partial charge is 0.225 e. The normalized spacial score (nSPS) is 23.0. The summed E-state index contributed by atoms with van der Waals surface area (Å²) >= 11 is 0. The van der Waals surface area contributed by atoms with Gasteiger partial charge in [-0.2, -0.15) is 5.10 Å². The maximum Gasteiger partial charge on any atom is 0.225 e. The number of rotatable bonds is 9. The fraction of sp³-hybridized carbons (Fsp3) is 0.667. The lowest BCUT2D eigenvalue weighted by Gasteiger charge is -2.40. The molecule has 7 nitrogen and oxygen atoms in total. The minimum Gasteiger partial charge on any atom is -0.390 e. The molecule has 3 aliphatic rings. The largest absolute Gasteiger partial charge is 0.390 e. The Labute approximate surface area is 185 Å². The van der Waals surface area contributed by atoms with Crippen LogP contribution in [0.4, 0.5) is 5.69 Å². The topological polar surface area (TPSA) is 68.6 Å². The van der Waals surface area contributed by atoms with E-state index in [2.05, 4.69) is 46.3 Å². The Hall–Kier alpha value is -1.96. The van der Waals surface area contributed by atoms with Gasteiger partial charge in [0.15, 0.2) is 0 Å². The summed E-state index contributed by atoms with van der Waals surface area (Å²) in [5.74, 6) is 0.547. The number of likely N-dealkylation sites (tertiary alicyclic amines) is 1. The summed E-state index contributed by atoms with van der Waals surface area (Å²) in [4.78, 5) is 16.5. The lowest BCUT2D eigenvalue weighted by Crippen LogP contribution is -2.49. The van der Waals surface area contributed by atoms with E-state index < -0.39 is 5.60 Å². The summed E-state index contributed by atoms with van der Waals surface area (Å²) < 4.78 is 5.17. The van der Waals surface area contributed by atoms with E-state index >= 15 is 0 Å². The average Bonchev–Trinajstić information content (AvgIpc) is 3.52. The molecule has 31 heavy (non-hydrogen) atoms. The zero-order valence-electron chi connectivity index (χ0n) is 18.9. The minimum atomic E-state index is -0.727. The molecule has 2 heterocycles. The Morgan fingerprint density at radius 1 is 1.32 bits per heavy atom. The molecule has 0 spiro atoms. The molecule has 1 aliphatic carbocycles. The van der Waals surface area contributed by atoms with Crippen molar-refractivity contribution in [2.75, 3.05) is 45.4 Å². The van der Waals surface area contributed by atoms with Crippen LogP contribution in [0.3, 0.4) is 0 Å². The maximum absolute atomic E-state index is 12.3. The number of anilines is 1. The van der Waals surface area contributed by atoms with Crippen LogP contribution in [-0.2, 0) is 16.1 Å². The number of carbonyl (C=O) groups excluding carboxylic acids is 1. The second kappa shape index (κ2) is 9.67. The number of hydrogen-bond acceptors (Lipinski definition) is 6. The van der Waals surface area contributed by atoms with Crippen molar-refractivity contribution >= 4 is 17.8 Å². The van der Waals surface area contributed by atoms with Gasteiger partial charge in [0, 0.05) is 51.8 Å². The first kappa shape index (κ1) is 22.2. The van der Waals surface area contributed by atoms with E-state index in [-0.39, 0.29) is 12.0 Å². The van der Waals surface area contributed by atoms with Gasteiger partial charge in [-0.05, 0) is 56.8 Å². The number of carbonyl (C=O) groups is 1. The Morgan fingerprint density at radius 3 is 2.81 bits per heavy atom. The van der Waals surface area contributed by atoms with Crippen molar-refractivity contribution in [3.63, 3.8) is 0 Å². The van der Waals surface area contributed by atoms with Gasteiger partial charge in [0.25, 0.3) is 0 Å². The molecule has 0 aromatic heterocycles. The lowest BCUT2D eigenvalue weighted by atomic mass is 9.84. The number of benzene rings is 1. The molecule has 1 unspecified atom stereocenters. The highest BCUT2D eigenvalue weighted by Gasteiger charge is 2.41. The number of amides is 1. The van der Waals surface area contributed by atoms with E-state index in [0.29, 0.717) is 38.3 Å². The van der Waals surface area contributed by atoms with Crippen LogP contribution < -0.4 is 5.01 Å². The average molecular weight is 429 g/mol. The Bertz CT molecular complexity index is 787. The van der Waals surface area contributed by atoms with Gasteiger partial charge in [-0.1, -0.05) is 12.1 Å². The van der Waals surface area contributed by atoms with Gasteiger partial charge >= 0.3 is 0 Å². The number of likely N-dealkylation sites (N-methyl/N-ethyl adjacent to an activating group) is 1. The third-order valence-corrected chi connectivity index (χ3v) is 6.78. The number of hydrazone groups is 1. The van der Waals surface area contributed by atoms with Gasteiger partial charge in [0.1, 0.15) is 0 Å². The fourth-order valence-electron chi connectivity index (χ4n) is 4.71. The molecule has 2 aliphatic heterocycles. The van der Waals surface area contributed by atoms with Crippen molar-refractivity contribution in [3.05, 3.63) is 29.8 Å². The van der Waals surface area contributed by atoms with Crippen LogP contribution in [0.1, 0.15) is 44.1 Å². The standard InChI is InChI=1S/C24H36N4O3/c1-26(14-15-31-2)18-19-4-3-5-21(16-19)28-22(8-11-25-28)17-24(30)9-12-27(13-10-24)23(29)20-6-7-20/h3-5,11,16,20,22,30H,6-10,12-15,17-18H2,1-2H3. The second-order valence-electron chi connectivity index (χ2n) is 9.46. The number of methoxy groups -OCH3 is 1. The van der Waals surface area contributed by atoms with Crippen LogP contribution in [0.25, 0.3) is 0 Å². The summed E-state index contributed by atoms with van der Waals surface area (Å²) in [6.07, 6.45) is 6.85. The first-order valence-electron chi connectivity index (χ1n) is 11.6. The Morgan fingerprint density at radius 2 is 2.10 bits per heavy atom. The maximum atomic E-state index is 12.3. The Kier molecular flexibility index (Phi) is 6.94. The zero-order valence-corrected chi connectivity index (χ0v) is 18.9. The van der Waals surface area contributed by atoms with E-state index in [1.165, 1.54) is 5.56 Å². The van der Waals surface area contributed by atoms with Gasteiger partial charge in [0.2, 0.25) is 5.91 Å². The van der Waals surface area contributed by atoms with Crippen molar-refractivity contribution in [1.82, 2.24) is 9.80 Å². The molecule has 1 amide bonds. The van der Waals surface area contributed by atoms with Crippen molar-refractivity contribution in [3.8, 4) is 0 Å². The van der Waals surface area contributed by atoms with E-state index in [9.17, 15) is 9.90 Å². The highest BCUT2D eigenvalue weighted by atomic mass is 16.5. The monoisotopic (exact) mass is 428 g/mol. The van der Waals surface area contributed by atoms with Gasteiger partial charge in [-0.15, -0.1) is 0 Å². The van der Waals surface area contributed by atoms with Crippen LogP contribution in [0.5, 0.6) is 0 Å². The van der Waals surface area contributed by atoms with Crippen LogP contribution in [-0.4, -0.2) is 79.1 Å². The quantitative estimate of drug-likeness (QED) is 0.655. The van der Waals surface area contributed by atoms with Gasteiger partial charge < -0.3 is 14.7 Å². The first-order valence-corrected chi connectivity index (χ1v) is 11.6. The summed E-state index contributed by atoms with van der Waals surface area (Å²) in [5, 5.41) is 18.0. The third-order valence-electron chi connectivity index (χ3n) is 6.78. The van der Waals surface area contributed by atoms with Crippen molar-refractivity contribution < 1.29 is 14.6 Å². The molecule has 1 aromatic carbocycles. The van der Waals surface area contributed by atoms with Crippen LogP contribution in [0.2, 0.25) is 0 Å². The molecule has 0 radical (unpaired) electrons. The number of ether oxygens (including phenoxy) is 1. The molecule has 170 valence electrons. The van der Waals surface area contributed by atoms with Crippen molar-refractivity contribution in [2.24, 2.45) is 11.0 Å². The molecule has 1 aromatic rings. The first-order chi connectivity index (χ1) is 15.0. The highest BCUT2D eigenvalue weighted by molar-refractivity contribution is 5.81. The number of nitrogens with zero attached hydrogens (tertiary/aromatic N) is 4. The molecule has 1 N–H and O–H groups in total. The van der Waals surface area contributed by atoms with Crippen molar-refractivity contribution in [1.29, 1.82) is 0 Å². The van der Waals surface area contributed by atoms with E-state index in [1.807, 2.05) is 11.1 Å². The van der Waals surface area contributed by atoms with E-state index in [0.717, 1.165) is 44.6 Å². The van der Waals surface area contributed by atoms with Gasteiger partial charge in [-0.3, -0.25) is 14.7 Å². The van der Waals surface area contributed by atoms with Crippen LogP contribution in [0.15, 0.2) is 29.4 Å². The molecule has 1 atom stereocenters. The molecule has 4 rings (SSSR count). The number of piperidine rings is 1. The fourth-order valence-corrected chi connectivity index (χ4v) is 4.71. The summed E-state index contributed by atoms with van der Waals surface area (Å²) in [7, 11) is 3.82. The van der Waals surface area contributed by atoms with E-state index in [1.54, 1.807) is 7.11 Å². The SMILES string of the molecule is COCCN(C)Cc1cccc(N2N=CCC2CC2(O)CCN(C(=O)C3CC3)CC2)c1. The molecular formula is C24H36N4O3. The summed E-state index contributed by atoms with van der Waals surface area (Å²) in [6, 6.07) is 8.66. The zero-order chi connectivity index (χ0) is 21.8. The number of aliphatic hydroxyl groups is 1. The molecule has 7 heteroatoms. The lowest BCUT2D eigenvalue weighted by molar-refractivity contribution is -0.137. The third kappa shape index (κ3) is 5.64. The molecular weight excluding hydrogens is 392 g/mol. The summed E-state index contributed by atoms with van der Waals surface area (Å²) in [6.45, 7) is 3.80.